The van der Waals surface area contributed by atoms with Crippen molar-refractivity contribution < 1.29 is 18.0 Å². The van der Waals surface area contributed by atoms with Gasteiger partial charge in [0, 0.05) is 12.0 Å². The fourth-order valence-corrected chi connectivity index (χ4v) is 3.30. The van der Waals surface area contributed by atoms with Crippen molar-refractivity contribution in [2.24, 2.45) is 5.92 Å². The molecule has 0 heterocycles. The van der Waals surface area contributed by atoms with E-state index in [0.717, 1.165) is 11.8 Å². The van der Waals surface area contributed by atoms with Crippen LogP contribution in [-0.2, 0) is 14.8 Å². The number of nitrogens with one attached hydrogen (secondary N) is 1. The Morgan fingerprint density at radius 2 is 2.00 bits per heavy atom. The zero-order valence-corrected chi connectivity index (χ0v) is 13.4. The molecule has 1 rings (SSSR count). The van der Waals surface area contributed by atoms with Crippen molar-refractivity contribution in [2.75, 3.05) is 0 Å². The number of Topliss-reactive ketones (excluding diaryl/α,β-unsaturated/α-hetero) is 1. The van der Waals surface area contributed by atoms with E-state index in [0.29, 0.717) is 0 Å². The molecule has 0 saturated carbocycles. The van der Waals surface area contributed by atoms with E-state index in [1.54, 1.807) is 19.1 Å². The van der Waals surface area contributed by atoms with E-state index >= 15 is 0 Å². The van der Waals surface area contributed by atoms with Crippen LogP contribution in [0.5, 0.6) is 0 Å². The highest BCUT2D eigenvalue weighted by Gasteiger charge is 2.29. The molecule has 1 aromatic carbocycles. The molecule has 0 aliphatic carbocycles. The molecule has 0 fully saturated rings. The first-order valence-corrected chi connectivity index (χ1v) is 8.21. The SMILES string of the molecule is C=CC[C@H](C(=O)C=[N+]=[N-])[C@H](C)NS(=O)(=O)c1ccc(C)cc1. The Morgan fingerprint density at radius 1 is 1.41 bits per heavy atom. The second-order valence-corrected chi connectivity index (χ2v) is 6.71. The molecule has 7 heteroatoms. The van der Waals surface area contributed by atoms with Crippen LogP contribution >= 0.6 is 0 Å². The highest BCUT2D eigenvalue weighted by Crippen LogP contribution is 2.15. The van der Waals surface area contributed by atoms with Gasteiger partial charge in [-0.05, 0) is 32.4 Å². The van der Waals surface area contributed by atoms with Gasteiger partial charge in [0.05, 0.1) is 4.90 Å². The van der Waals surface area contributed by atoms with E-state index in [1.165, 1.54) is 18.2 Å². The van der Waals surface area contributed by atoms with Crippen LogP contribution in [0.4, 0.5) is 0 Å². The van der Waals surface area contributed by atoms with E-state index in [-0.39, 0.29) is 11.3 Å². The summed E-state index contributed by atoms with van der Waals surface area (Å²) in [7, 11) is -3.73. The Balaban J connectivity index is 2.98. The molecular formula is C15H19N3O3S. The van der Waals surface area contributed by atoms with Gasteiger partial charge in [-0.3, -0.25) is 4.79 Å². The number of sulfonamides is 1. The lowest BCUT2D eigenvalue weighted by Crippen LogP contribution is -2.41. The summed E-state index contributed by atoms with van der Waals surface area (Å²) in [5.41, 5.74) is 9.41. The van der Waals surface area contributed by atoms with E-state index in [4.69, 9.17) is 5.53 Å². The number of allylic oxidation sites excluding steroid dienone is 1. The largest absolute Gasteiger partial charge is 0.361 e. The highest BCUT2D eigenvalue weighted by atomic mass is 32.2. The molecule has 1 N–H and O–H groups in total. The van der Waals surface area contributed by atoms with Crippen molar-refractivity contribution in [1.29, 1.82) is 0 Å². The monoisotopic (exact) mass is 321 g/mol. The molecule has 1 aromatic rings. The third kappa shape index (κ3) is 4.73. The highest BCUT2D eigenvalue weighted by molar-refractivity contribution is 7.89. The van der Waals surface area contributed by atoms with Crippen LogP contribution in [0.25, 0.3) is 5.53 Å². The van der Waals surface area contributed by atoms with Gasteiger partial charge in [0.25, 0.3) is 0 Å². The summed E-state index contributed by atoms with van der Waals surface area (Å²) in [5.74, 6) is -1.16. The van der Waals surface area contributed by atoms with Crippen LogP contribution in [0.1, 0.15) is 18.9 Å². The topological polar surface area (TPSA) is 99.6 Å². The van der Waals surface area contributed by atoms with Crippen molar-refractivity contribution in [3.8, 4) is 0 Å². The molecule has 22 heavy (non-hydrogen) atoms. The molecule has 0 saturated heterocycles. The third-order valence-corrected chi connectivity index (χ3v) is 4.82. The minimum absolute atomic E-state index is 0.130. The lowest BCUT2D eigenvalue weighted by molar-refractivity contribution is -0.120. The number of carbonyl (C=O) groups is 1. The lowest BCUT2D eigenvalue weighted by atomic mass is 9.94. The van der Waals surface area contributed by atoms with Crippen molar-refractivity contribution in [3.63, 3.8) is 0 Å². The minimum Gasteiger partial charge on any atom is -0.361 e. The van der Waals surface area contributed by atoms with Crippen LogP contribution in [0.3, 0.4) is 0 Å². The van der Waals surface area contributed by atoms with Gasteiger partial charge in [-0.15, -0.1) is 6.58 Å². The van der Waals surface area contributed by atoms with Crippen molar-refractivity contribution in [2.45, 2.75) is 31.2 Å². The molecular weight excluding hydrogens is 302 g/mol. The van der Waals surface area contributed by atoms with Gasteiger partial charge in [0.2, 0.25) is 15.8 Å². The molecule has 0 aliphatic rings. The summed E-state index contributed by atoms with van der Waals surface area (Å²) in [6, 6.07) is 5.73. The number of aryl methyl sites for hydroxylation is 1. The van der Waals surface area contributed by atoms with Crippen LogP contribution in [0.15, 0.2) is 41.8 Å². The Hall–Kier alpha value is -2.08. The molecule has 0 radical (unpaired) electrons. The first-order chi connectivity index (χ1) is 10.3. The maximum absolute atomic E-state index is 12.3. The number of hydrogen-bond acceptors (Lipinski definition) is 3. The fraction of sp³-hybridized carbons (Fsp3) is 0.333. The molecule has 6 nitrogen and oxygen atoms in total. The maximum atomic E-state index is 12.3. The number of ketones is 1. The Labute approximate surface area is 130 Å². The number of carbonyl (C=O) groups excluding carboxylic acids is 1. The Bertz CT molecular complexity index is 689. The summed E-state index contributed by atoms with van der Waals surface area (Å²) >= 11 is 0. The summed E-state index contributed by atoms with van der Waals surface area (Å²) in [6.45, 7) is 7.00. The summed E-state index contributed by atoms with van der Waals surface area (Å²) < 4.78 is 27.1. The molecule has 2 atom stereocenters. The molecule has 0 bridgehead atoms. The Morgan fingerprint density at radius 3 is 2.50 bits per heavy atom. The molecule has 0 spiro atoms. The normalized spacial score (nSPS) is 13.7. The van der Waals surface area contributed by atoms with Crippen LogP contribution in [-0.4, -0.2) is 31.2 Å². The molecule has 0 amide bonds. The van der Waals surface area contributed by atoms with Crippen molar-refractivity contribution in [1.82, 2.24) is 4.72 Å². The van der Waals surface area contributed by atoms with Crippen molar-refractivity contribution in [3.05, 3.63) is 48.0 Å². The second-order valence-electron chi connectivity index (χ2n) is 5.00. The maximum Gasteiger partial charge on any atom is 0.323 e. The summed E-state index contributed by atoms with van der Waals surface area (Å²) in [4.78, 5) is 14.7. The van der Waals surface area contributed by atoms with Gasteiger partial charge in [-0.2, -0.15) is 4.79 Å². The fourth-order valence-electron chi connectivity index (χ4n) is 2.01. The summed E-state index contributed by atoms with van der Waals surface area (Å²) in [5, 5.41) is 0. The Kier molecular flexibility index (Phi) is 6.37. The van der Waals surface area contributed by atoms with Gasteiger partial charge in [0.15, 0.2) is 0 Å². The predicted octanol–water partition coefficient (Wildman–Crippen LogP) is 1.72. The standard InChI is InChI=1S/C15H19N3O3S/c1-4-5-14(15(19)10-17-16)12(3)18-22(20,21)13-8-6-11(2)7-9-13/h4,6-10,12,14,18H,1,5H2,2-3H3/t12-,14-/m0/s1. The van der Waals surface area contributed by atoms with Gasteiger partial charge >= 0.3 is 6.21 Å². The zero-order valence-electron chi connectivity index (χ0n) is 12.6. The number of nitrogens with zero attached hydrogens (tertiary/aromatic N) is 2. The second kappa shape index (κ2) is 7.79. The van der Waals surface area contributed by atoms with Crippen LogP contribution < -0.4 is 4.72 Å². The van der Waals surface area contributed by atoms with E-state index in [9.17, 15) is 13.2 Å². The number of rotatable bonds is 8. The van der Waals surface area contributed by atoms with E-state index < -0.39 is 27.8 Å². The first-order valence-electron chi connectivity index (χ1n) is 6.73. The van der Waals surface area contributed by atoms with Gasteiger partial charge in [-0.1, -0.05) is 23.8 Å². The third-order valence-electron chi connectivity index (χ3n) is 3.25. The summed E-state index contributed by atoms with van der Waals surface area (Å²) in [6.07, 6.45) is 2.55. The minimum atomic E-state index is -3.73. The van der Waals surface area contributed by atoms with Gasteiger partial charge in [0.1, 0.15) is 0 Å². The van der Waals surface area contributed by atoms with Gasteiger partial charge < -0.3 is 5.53 Å². The molecule has 0 aliphatic heterocycles. The quantitative estimate of drug-likeness (QED) is 0.341. The average molecular weight is 321 g/mol. The number of benzene rings is 1. The lowest BCUT2D eigenvalue weighted by Gasteiger charge is -2.20. The average Bonchev–Trinajstić information content (AvgIpc) is 2.44. The zero-order chi connectivity index (χ0) is 16.8. The molecule has 0 unspecified atom stereocenters. The number of hydrogen-bond donors (Lipinski definition) is 1. The van der Waals surface area contributed by atoms with Crippen LogP contribution in [0.2, 0.25) is 0 Å². The van der Waals surface area contributed by atoms with Crippen LogP contribution in [0, 0.1) is 12.8 Å². The first kappa shape index (κ1) is 18.0. The predicted molar refractivity (Wildman–Crippen MR) is 84.0 cm³/mol. The van der Waals surface area contributed by atoms with Gasteiger partial charge in [-0.25, -0.2) is 13.1 Å². The molecule has 0 aromatic heterocycles. The smallest absolute Gasteiger partial charge is 0.323 e. The molecule has 118 valence electrons. The van der Waals surface area contributed by atoms with E-state index in [1.807, 2.05) is 6.92 Å². The van der Waals surface area contributed by atoms with E-state index in [2.05, 4.69) is 16.1 Å². The van der Waals surface area contributed by atoms with Crippen molar-refractivity contribution >= 4 is 22.0 Å².